The second-order valence-corrected chi connectivity index (χ2v) is 3.10. The molecule has 1 rings (SSSR count). The molecule has 3 N–H and O–H groups in total. The number of rotatable bonds is 4. The zero-order valence-electron chi connectivity index (χ0n) is 7.05. The first-order chi connectivity index (χ1) is 5.43. The summed E-state index contributed by atoms with van der Waals surface area (Å²) in [4.78, 5) is 0. The van der Waals surface area contributed by atoms with Crippen molar-refractivity contribution in [3.8, 4) is 0 Å². The fourth-order valence-electron chi connectivity index (χ4n) is 1.54. The monoisotopic (exact) mass is 154 g/mol. The lowest BCUT2D eigenvalue weighted by atomic mass is 10.2. The Balaban J connectivity index is 1.97. The third-order valence-electron chi connectivity index (χ3n) is 2.18. The zero-order chi connectivity index (χ0) is 7.94. The largest absolute Gasteiger partial charge is 0.327 e. The first kappa shape index (κ1) is 8.75. The predicted molar refractivity (Wildman–Crippen MR) is 48.5 cm³/mol. The van der Waals surface area contributed by atoms with E-state index in [1.807, 2.05) is 6.08 Å². The van der Waals surface area contributed by atoms with Crippen LogP contribution in [0.2, 0.25) is 0 Å². The highest BCUT2D eigenvalue weighted by Crippen LogP contribution is 2.17. The Morgan fingerprint density at radius 3 is 2.64 bits per heavy atom. The van der Waals surface area contributed by atoms with Crippen molar-refractivity contribution in [3.63, 3.8) is 0 Å². The summed E-state index contributed by atoms with van der Waals surface area (Å²) in [5.74, 6) is 0. The number of nitrogens with two attached hydrogens (primary N) is 1. The van der Waals surface area contributed by atoms with Crippen LogP contribution in [-0.2, 0) is 0 Å². The van der Waals surface area contributed by atoms with Gasteiger partial charge in [0.05, 0.1) is 0 Å². The molecule has 1 aliphatic rings. The highest BCUT2D eigenvalue weighted by Gasteiger charge is 2.12. The van der Waals surface area contributed by atoms with Crippen molar-refractivity contribution in [2.24, 2.45) is 5.73 Å². The van der Waals surface area contributed by atoms with Crippen LogP contribution in [0.15, 0.2) is 12.2 Å². The van der Waals surface area contributed by atoms with E-state index in [9.17, 15) is 0 Å². The fourth-order valence-corrected chi connectivity index (χ4v) is 1.54. The molecule has 0 atom stereocenters. The lowest BCUT2D eigenvalue weighted by Crippen LogP contribution is -2.25. The molecule has 0 aromatic carbocycles. The van der Waals surface area contributed by atoms with Crippen LogP contribution in [-0.4, -0.2) is 19.1 Å². The molecule has 0 radical (unpaired) electrons. The molecule has 1 saturated carbocycles. The van der Waals surface area contributed by atoms with Crippen molar-refractivity contribution >= 4 is 0 Å². The van der Waals surface area contributed by atoms with E-state index in [2.05, 4.69) is 11.4 Å². The Hall–Kier alpha value is -0.340. The minimum atomic E-state index is 0.659. The van der Waals surface area contributed by atoms with Gasteiger partial charge >= 0.3 is 0 Å². The van der Waals surface area contributed by atoms with Crippen LogP contribution in [0.25, 0.3) is 0 Å². The van der Waals surface area contributed by atoms with Gasteiger partial charge in [0.1, 0.15) is 0 Å². The zero-order valence-corrected chi connectivity index (χ0v) is 7.05. The number of hydrogen-bond acceptors (Lipinski definition) is 2. The van der Waals surface area contributed by atoms with E-state index in [1.54, 1.807) is 0 Å². The summed E-state index contributed by atoms with van der Waals surface area (Å²) in [7, 11) is 0. The Morgan fingerprint density at radius 2 is 2.00 bits per heavy atom. The summed E-state index contributed by atoms with van der Waals surface area (Å²) in [5, 5.41) is 3.47. The summed E-state index contributed by atoms with van der Waals surface area (Å²) >= 11 is 0. The SMILES string of the molecule is NC/C=C/CNC1CCCC1. The van der Waals surface area contributed by atoms with Gasteiger partial charge in [0, 0.05) is 19.1 Å². The highest BCUT2D eigenvalue weighted by atomic mass is 14.9. The summed E-state index contributed by atoms with van der Waals surface area (Å²) < 4.78 is 0. The Morgan fingerprint density at radius 1 is 1.27 bits per heavy atom. The minimum Gasteiger partial charge on any atom is -0.327 e. The molecule has 1 aliphatic carbocycles. The molecule has 0 amide bonds. The van der Waals surface area contributed by atoms with Gasteiger partial charge in [-0.3, -0.25) is 0 Å². The number of hydrogen-bond donors (Lipinski definition) is 2. The van der Waals surface area contributed by atoms with Crippen LogP contribution in [0.4, 0.5) is 0 Å². The maximum Gasteiger partial charge on any atom is 0.0137 e. The van der Waals surface area contributed by atoms with Gasteiger partial charge in [-0.05, 0) is 12.8 Å². The highest BCUT2D eigenvalue weighted by molar-refractivity contribution is 4.86. The molecule has 64 valence electrons. The Kier molecular flexibility index (Phi) is 4.24. The predicted octanol–water partition coefficient (Wildman–Crippen LogP) is 1.03. The molecule has 0 aromatic heterocycles. The molecule has 0 bridgehead atoms. The van der Waals surface area contributed by atoms with Gasteiger partial charge in [-0.15, -0.1) is 0 Å². The molecule has 0 unspecified atom stereocenters. The van der Waals surface area contributed by atoms with E-state index in [1.165, 1.54) is 25.7 Å². The maximum atomic E-state index is 5.31. The van der Waals surface area contributed by atoms with Gasteiger partial charge in [0.15, 0.2) is 0 Å². The van der Waals surface area contributed by atoms with Crippen molar-refractivity contribution in [1.29, 1.82) is 0 Å². The summed E-state index contributed by atoms with van der Waals surface area (Å²) in [6, 6.07) is 0.775. The van der Waals surface area contributed by atoms with Crippen molar-refractivity contribution in [1.82, 2.24) is 5.32 Å². The van der Waals surface area contributed by atoms with E-state index < -0.39 is 0 Å². The van der Waals surface area contributed by atoms with Gasteiger partial charge in [-0.1, -0.05) is 25.0 Å². The summed E-state index contributed by atoms with van der Waals surface area (Å²) in [6.07, 6.45) is 9.63. The molecular formula is C9H18N2. The van der Waals surface area contributed by atoms with Crippen molar-refractivity contribution in [2.75, 3.05) is 13.1 Å². The van der Waals surface area contributed by atoms with Gasteiger partial charge in [-0.2, -0.15) is 0 Å². The third-order valence-corrected chi connectivity index (χ3v) is 2.18. The second kappa shape index (κ2) is 5.33. The molecule has 0 aromatic rings. The molecule has 0 heterocycles. The van der Waals surface area contributed by atoms with E-state index in [-0.39, 0.29) is 0 Å². The van der Waals surface area contributed by atoms with Gasteiger partial charge < -0.3 is 11.1 Å². The van der Waals surface area contributed by atoms with Crippen molar-refractivity contribution < 1.29 is 0 Å². The second-order valence-electron chi connectivity index (χ2n) is 3.10. The molecule has 0 saturated heterocycles. The lowest BCUT2D eigenvalue weighted by molar-refractivity contribution is 0.556. The van der Waals surface area contributed by atoms with E-state index >= 15 is 0 Å². The quantitative estimate of drug-likeness (QED) is 0.594. The minimum absolute atomic E-state index is 0.659. The first-order valence-electron chi connectivity index (χ1n) is 4.52. The third kappa shape index (κ3) is 3.54. The van der Waals surface area contributed by atoms with Crippen LogP contribution in [0, 0.1) is 0 Å². The molecule has 2 heteroatoms. The van der Waals surface area contributed by atoms with Crippen LogP contribution in [0.1, 0.15) is 25.7 Å². The molecule has 2 nitrogen and oxygen atoms in total. The maximum absolute atomic E-state index is 5.31. The van der Waals surface area contributed by atoms with E-state index in [4.69, 9.17) is 5.73 Å². The molecule has 0 aliphatic heterocycles. The Labute approximate surface area is 68.9 Å². The molecule has 1 fully saturated rings. The lowest BCUT2D eigenvalue weighted by Gasteiger charge is -2.08. The van der Waals surface area contributed by atoms with Gasteiger partial charge in [0.25, 0.3) is 0 Å². The molecular weight excluding hydrogens is 136 g/mol. The van der Waals surface area contributed by atoms with Crippen molar-refractivity contribution in [2.45, 2.75) is 31.7 Å². The normalized spacial score (nSPS) is 20.1. The average Bonchev–Trinajstić information content (AvgIpc) is 2.50. The van der Waals surface area contributed by atoms with Gasteiger partial charge in [-0.25, -0.2) is 0 Å². The summed E-state index contributed by atoms with van der Waals surface area (Å²) in [5.41, 5.74) is 5.31. The van der Waals surface area contributed by atoms with Crippen LogP contribution < -0.4 is 11.1 Å². The standard InChI is InChI=1S/C9H18N2/c10-7-3-4-8-11-9-5-1-2-6-9/h3-4,9,11H,1-2,5-8,10H2/b4-3+. The molecule has 11 heavy (non-hydrogen) atoms. The average molecular weight is 154 g/mol. The van der Waals surface area contributed by atoms with Crippen LogP contribution in [0.3, 0.4) is 0 Å². The van der Waals surface area contributed by atoms with Crippen LogP contribution >= 0.6 is 0 Å². The van der Waals surface area contributed by atoms with Crippen molar-refractivity contribution in [3.05, 3.63) is 12.2 Å². The smallest absolute Gasteiger partial charge is 0.0137 e. The summed E-state index contributed by atoms with van der Waals surface area (Å²) in [6.45, 7) is 1.65. The topological polar surface area (TPSA) is 38.0 Å². The Bertz CT molecular complexity index is 115. The van der Waals surface area contributed by atoms with E-state index in [0.717, 1.165) is 12.6 Å². The number of nitrogens with one attached hydrogen (secondary N) is 1. The van der Waals surface area contributed by atoms with Gasteiger partial charge in [0.2, 0.25) is 0 Å². The molecule has 0 spiro atoms. The van der Waals surface area contributed by atoms with Crippen LogP contribution in [0.5, 0.6) is 0 Å². The van der Waals surface area contributed by atoms with E-state index in [0.29, 0.717) is 6.54 Å². The first-order valence-corrected chi connectivity index (χ1v) is 4.52. The fraction of sp³-hybridized carbons (Fsp3) is 0.778.